The van der Waals surface area contributed by atoms with E-state index in [1.54, 1.807) is 31.4 Å². The summed E-state index contributed by atoms with van der Waals surface area (Å²) < 4.78 is 5.00. The van der Waals surface area contributed by atoms with Crippen molar-refractivity contribution >= 4 is 11.9 Å². The molecule has 0 aliphatic carbocycles. The zero-order valence-corrected chi connectivity index (χ0v) is 10.6. The van der Waals surface area contributed by atoms with Crippen molar-refractivity contribution in [2.45, 2.75) is 18.9 Å². The molecule has 1 aromatic rings. The van der Waals surface area contributed by atoms with Crippen molar-refractivity contribution in [3.8, 4) is 5.75 Å². The van der Waals surface area contributed by atoms with E-state index >= 15 is 0 Å². The lowest BCUT2D eigenvalue weighted by molar-refractivity contribution is -0.142. The van der Waals surface area contributed by atoms with Crippen LogP contribution in [0.3, 0.4) is 0 Å². The van der Waals surface area contributed by atoms with Crippen LogP contribution in [0, 0.1) is 0 Å². The lowest BCUT2D eigenvalue weighted by atomic mass is 10.1. The van der Waals surface area contributed by atoms with Gasteiger partial charge in [-0.25, -0.2) is 4.79 Å². The zero-order chi connectivity index (χ0) is 14.3. The summed E-state index contributed by atoms with van der Waals surface area (Å²) in [4.78, 5) is 22.5. The summed E-state index contributed by atoms with van der Waals surface area (Å²) in [5.74, 6) is -0.865. The third kappa shape index (κ3) is 4.97. The predicted molar refractivity (Wildman–Crippen MR) is 68.0 cm³/mol. The molecule has 0 saturated carbocycles. The molecule has 0 bridgehead atoms. The number of methoxy groups -OCH3 is 1. The van der Waals surface area contributed by atoms with E-state index in [1.807, 2.05) is 0 Å². The predicted octanol–water partition coefficient (Wildman–Crippen LogP) is 0.189. The van der Waals surface area contributed by atoms with Gasteiger partial charge in [-0.1, -0.05) is 12.1 Å². The van der Waals surface area contributed by atoms with Gasteiger partial charge in [-0.05, 0) is 17.7 Å². The number of aliphatic carboxylic acids is 1. The third-order valence-electron chi connectivity index (χ3n) is 2.57. The van der Waals surface area contributed by atoms with Gasteiger partial charge in [0, 0.05) is 13.0 Å². The molecule has 104 valence electrons. The van der Waals surface area contributed by atoms with Gasteiger partial charge >= 0.3 is 5.97 Å². The summed E-state index contributed by atoms with van der Waals surface area (Å²) in [6.45, 7) is -0.292. The van der Waals surface area contributed by atoms with Crippen LogP contribution in [0.5, 0.6) is 5.75 Å². The van der Waals surface area contributed by atoms with Crippen LogP contribution in [0.1, 0.15) is 12.0 Å². The van der Waals surface area contributed by atoms with Gasteiger partial charge in [-0.2, -0.15) is 0 Å². The first-order valence-electron chi connectivity index (χ1n) is 5.82. The Hall–Kier alpha value is -2.08. The standard InChI is InChI=1S/C13H17NO5/c1-19-10-4-2-9(3-5-10)8-12(16)14-11(6-7-15)13(17)18/h2-5,11,15H,6-8H2,1H3,(H,14,16)(H,17,18). The molecule has 0 heterocycles. The molecule has 3 N–H and O–H groups in total. The quantitative estimate of drug-likeness (QED) is 0.655. The maximum absolute atomic E-state index is 11.7. The maximum atomic E-state index is 11.7. The lowest BCUT2D eigenvalue weighted by Crippen LogP contribution is -2.42. The van der Waals surface area contributed by atoms with Crippen LogP contribution >= 0.6 is 0 Å². The van der Waals surface area contributed by atoms with E-state index in [0.717, 1.165) is 5.56 Å². The normalized spacial score (nSPS) is 11.7. The van der Waals surface area contributed by atoms with Gasteiger partial charge in [0.25, 0.3) is 0 Å². The molecule has 19 heavy (non-hydrogen) atoms. The van der Waals surface area contributed by atoms with E-state index < -0.39 is 17.9 Å². The molecule has 1 amide bonds. The number of aliphatic hydroxyl groups is 1. The molecule has 0 aliphatic heterocycles. The Morgan fingerprint density at radius 3 is 2.42 bits per heavy atom. The van der Waals surface area contributed by atoms with Gasteiger partial charge in [0.1, 0.15) is 11.8 Å². The average Bonchev–Trinajstić information content (AvgIpc) is 2.39. The minimum Gasteiger partial charge on any atom is -0.497 e. The molecule has 0 fully saturated rings. The molecule has 1 atom stereocenters. The summed E-state index contributed by atoms with van der Waals surface area (Å²) in [7, 11) is 1.55. The highest BCUT2D eigenvalue weighted by Gasteiger charge is 2.19. The lowest BCUT2D eigenvalue weighted by Gasteiger charge is -2.13. The maximum Gasteiger partial charge on any atom is 0.326 e. The van der Waals surface area contributed by atoms with E-state index in [-0.39, 0.29) is 19.4 Å². The molecule has 0 aromatic heterocycles. The number of hydrogen-bond donors (Lipinski definition) is 3. The second kappa shape index (κ2) is 7.38. The van der Waals surface area contributed by atoms with Gasteiger partial charge in [-0.3, -0.25) is 4.79 Å². The topological polar surface area (TPSA) is 95.9 Å². The molecular formula is C13H17NO5. The molecule has 0 spiro atoms. The summed E-state index contributed by atoms with van der Waals surface area (Å²) in [6.07, 6.45) is 0.0723. The molecule has 0 radical (unpaired) electrons. The van der Waals surface area contributed by atoms with Crippen LogP contribution in [0.4, 0.5) is 0 Å². The van der Waals surface area contributed by atoms with Crippen molar-refractivity contribution in [2.24, 2.45) is 0 Å². The third-order valence-corrected chi connectivity index (χ3v) is 2.57. The molecule has 6 nitrogen and oxygen atoms in total. The summed E-state index contributed by atoms with van der Waals surface area (Å²) in [6, 6.07) is 5.87. The van der Waals surface area contributed by atoms with Crippen LogP contribution in [-0.2, 0) is 16.0 Å². The van der Waals surface area contributed by atoms with Crippen molar-refractivity contribution in [3.05, 3.63) is 29.8 Å². The van der Waals surface area contributed by atoms with Crippen molar-refractivity contribution < 1.29 is 24.5 Å². The number of benzene rings is 1. The SMILES string of the molecule is COc1ccc(CC(=O)NC(CCO)C(=O)O)cc1. The number of carboxylic acids is 1. The van der Waals surface area contributed by atoms with Crippen LogP contribution in [0.25, 0.3) is 0 Å². The molecule has 1 unspecified atom stereocenters. The Bertz CT molecular complexity index is 429. The number of nitrogens with one attached hydrogen (secondary N) is 1. The van der Waals surface area contributed by atoms with Gasteiger partial charge in [0.2, 0.25) is 5.91 Å². The van der Waals surface area contributed by atoms with Crippen LogP contribution < -0.4 is 10.1 Å². The number of carbonyl (C=O) groups excluding carboxylic acids is 1. The number of hydrogen-bond acceptors (Lipinski definition) is 4. The minimum absolute atomic E-state index is 0.0102. The van der Waals surface area contributed by atoms with Gasteiger partial charge in [0.05, 0.1) is 13.5 Å². The molecule has 1 rings (SSSR count). The van der Waals surface area contributed by atoms with E-state index in [4.69, 9.17) is 14.9 Å². The van der Waals surface area contributed by atoms with Crippen molar-refractivity contribution in [1.82, 2.24) is 5.32 Å². The number of rotatable bonds is 7. The van der Waals surface area contributed by atoms with Crippen LogP contribution in [0.15, 0.2) is 24.3 Å². The number of carbonyl (C=O) groups is 2. The zero-order valence-electron chi connectivity index (χ0n) is 10.6. The second-order valence-electron chi connectivity index (χ2n) is 4.00. The van der Waals surface area contributed by atoms with Crippen molar-refractivity contribution in [2.75, 3.05) is 13.7 Å². The molecular weight excluding hydrogens is 250 g/mol. The highest BCUT2D eigenvalue weighted by Crippen LogP contribution is 2.11. The first kappa shape index (κ1) is 15.0. The molecule has 1 aromatic carbocycles. The van der Waals surface area contributed by atoms with Crippen LogP contribution in [-0.4, -0.2) is 41.8 Å². The largest absolute Gasteiger partial charge is 0.497 e. The van der Waals surface area contributed by atoms with E-state index in [0.29, 0.717) is 5.75 Å². The Morgan fingerprint density at radius 1 is 1.32 bits per heavy atom. The highest BCUT2D eigenvalue weighted by atomic mass is 16.5. The Kier molecular flexibility index (Phi) is 5.81. The minimum atomic E-state index is -1.16. The number of ether oxygens (including phenoxy) is 1. The second-order valence-corrected chi connectivity index (χ2v) is 4.00. The van der Waals surface area contributed by atoms with Crippen molar-refractivity contribution in [3.63, 3.8) is 0 Å². The van der Waals surface area contributed by atoms with Crippen molar-refractivity contribution in [1.29, 1.82) is 0 Å². The fourth-order valence-electron chi connectivity index (χ4n) is 1.56. The van der Waals surface area contributed by atoms with E-state index in [2.05, 4.69) is 5.32 Å². The first-order chi connectivity index (χ1) is 9.06. The highest BCUT2D eigenvalue weighted by molar-refractivity contribution is 5.84. The van der Waals surface area contributed by atoms with Gasteiger partial charge in [0.15, 0.2) is 0 Å². The number of amides is 1. The first-order valence-corrected chi connectivity index (χ1v) is 5.82. The summed E-state index contributed by atoms with van der Waals surface area (Å²) >= 11 is 0. The fraction of sp³-hybridized carbons (Fsp3) is 0.385. The number of aliphatic hydroxyl groups excluding tert-OH is 1. The van der Waals surface area contributed by atoms with Gasteiger partial charge in [-0.15, -0.1) is 0 Å². The molecule has 0 aliphatic rings. The van der Waals surface area contributed by atoms with E-state index in [9.17, 15) is 9.59 Å². The Labute approximate surface area is 111 Å². The van der Waals surface area contributed by atoms with E-state index in [1.165, 1.54) is 0 Å². The fourth-order valence-corrected chi connectivity index (χ4v) is 1.56. The summed E-state index contributed by atoms with van der Waals surface area (Å²) in [5, 5.41) is 19.9. The van der Waals surface area contributed by atoms with Gasteiger partial charge < -0.3 is 20.3 Å². The Balaban J connectivity index is 2.55. The van der Waals surface area contributed by atoms with Crippen LogP contribution in [0.2, 0.25) is 0 Å². The molecule has 0 saturated heterocycles. The monoisotopic (exact) mass is 267 g/mol. The molecule has 6 heteroatoms. The average molecular weight is 267 g/mol. The smallest absolute Gasteiger partial charge is 0.326 e. The Morgan fingerprint density at radius 2 is 1.95 bits per heavy atom. The number of carboxylic acid groups (broad SMARTS) is 1. The summed E-state index contributed by atoms with van der Waals surface area (Å²) in [5.41, 5.74) is 0.756.